The minimum absolute atomic E-state index is 0.284. The molecule has 7 nitrogen and oxygen atoms in total. The molecule has 1 amide bonds. The van der Waals surface area contributed by atoms with Crippen molar-refractivity contribution in [2.24, 2.45) is 5.92 Å². The second kappa shape index (κ2) is 7.68. The fourth-order valence-electron chi connectivity index (χ4n) is 4.18. The number of fused-ring (bicyclic) bond motifs is 1. The number of carbonyl (C=O) groups is 1. The number of ether oxygens (including phenoxy) is 1. The van der Waals surface area contributed by atoms with E-state index in [1.807, 2.05) is 18.0 Å². The van der Waals surface area contributed by atoms with Gasteiger partial charge in [0.2, 0.25) is 11.8 Å². The van der Waals surface area contributed by atoms with Crippen LogP contribution in [0.2, 0.25) is 0 Å². The summed E-state index contributed by atoms with van der Waals surface area (Å²) in [5.74, 6) is 1.50. The van der Waals surface area contributed by atoms with Crippen LogP contribution < -0.4 is 9.64 Å². The molecule has 4 rings (SSSR count). The number of piperazine rings is 1. The van der Waals surface area contributed by atoms with Crippen molar-refractivity contribution < 1.29 is 9.53 Å². The summed E-state index contributed by atoms with van der Waals surface area (Å²) in [4.78, 5) is 27.0. The fourth-order valence-corrected chi connectivity index (χ4v) is 4.18. The quantitative estimate of drug-likeness (QED) is 0.816. The number of piperidine rings is 1. The van der Waals surface area contributed by atoms with Crippen molar-refractivity contribution in [3.05, 3.63) is 24.5 Å². The Balaban J connectivity index is 1.38. The average molecular weight is 369 g/mol. The summed E-state index contributed by atoms with van der Waals surface area (Å²) >= 11 is 0. The van der Waals surface area contributed by atoms with E-state index in [9.17, 15) is 4.79 Å². The molecule has 0 saturated carbocycles. The molecule has 1 aromatic heterocycles. The van der Waals surface area contributed by atoms with Crippen LogP contribution in [0.5, 0.6) is 5.88 Å². The van der Waals surface area contributed by atoms with E-state index >= 15 is 0 Å². The van der Waals surface area contributed by atoms with Crippen LogP contribution in [0.1, 0.15) is 12.8 Å². The average Bonchev–Trinajstić information content (AvgIpc) is 2.70. The number of methoxy groups -OCH3 is 1. The van der Waals surface area contributed by atoms with E-state index < -0.39 is 0 Å². The molecular formula is C20H27N5O2. The number of likely N-dealkylation sites (tertiary alicyclic amines) is 1. The van der Waals surface area contributed by atoms with E-state index in [4.69, 9.17) is 4.74 Å². The first kappa shape index (κ1) is 18.0. The van der Waals surface area contributed by atoms with E-state index in [-0.39, 0.29) is 5.91 Å². The maximum absolute atomic E-state index is 11.7. The highest BCUT2D eigenvalue weighted by Crippen LogP contribution is 2.27. The number of carbonyl (C=O) groups excluding carboxylic acids is 1. The van der Waals surface area contributed by atoms with Crippen LogP contribution in [0.4, 0.5) is 5.69 Å². The molecule has 0 spiro atoms. The first-order chi connectivity index (χ1) is 13.1. The number of amides is 1. The molecule has 3 heterocycles. The van der Waals surface area contributed by atoms with Gasteiger partial charge in [-0.1, -0.05) is 0 Å². The Labute approximate surface area is 159 Å². The molecule has 0 bridgehead atoms. The largest absolute Gasteiger partial charge is 0.480 e. The van der Waals surface area contributed by atoms with Crippen molar-refractivity contribution in [1.82, 2.24) is 19.8 Å². The number of benzene rings is 1. The first-order valence-corrected chi connectivity index (χ1v) is 9.64. The predicted molar refractivity (Wildman–Crippen MR) is 105 cm³/mol. The molecule has 2 aromatic rings. The molecule has 2 aliphatic rings. The number of rotatable bonds is 4. The van der Waals surface area contributed by atoms with Gasteiger partial charge < -0.3 is 14.5 Å². The topological polar surface area (TPSA) is 61.8 Å². The van der Waals surface area contributed by atoms with Gasteiger partial charge in [-0.2, -0.15) is 0 Å². The molecule has 1 aromatic carbocycles. The highest BCUT2D eigenvalue weighted by molar-refractivity contribution is 5.86. The van der Waals surface area contributed by atoms with Crippen molar-refractivity contribution in [2.75, 3.05) is 58.3 Å². The Hall–Kier alpha value is -2.41. The zero-order valence-electron chi connectivity index (χ0n) is 16.1. The van der Waals surface area contributed by atoms with Gasteiger partial charge in [-0.3, -0.25) is 9.69 Å². The molecule has 2 aliphatic heterocycles. The van der Waals surface area contributed by atoms with Gasteiger partial charge in [-0.15, -0.1) is 0 Å². The Kier molecular flexibility index (Phi) is 5.11. The SMILES string of the molecule is COc1ncnc2ccc(N3CCN(CC4CCC(=O)N(C)C4)CC3)cc12. The van der Waals surface area contributed by atoms with E-state index in [0.29, 0.717) is 18.2 Å². The van der Waals surface area contributed by atoms with Gasteiger partial charge in [0.05, 0.1) is 18.0 Å². The smallest absolute Gasteiger partial charge is 0.224 e. The van der Waals surface area contributed by atoms with E-state index in [1.165, 1.54) is 12.0 Å². The molecule has 144 valence electrons. The Morgan fingerprint density at radius 2 is 2.00 bits per heavy atom. The summed E-state index contributed by atoms with van der Waals surface area (Å²) in [6.45, 7) is 6.09. The molecular weight excluding hydrogens is 342 g/mol. The molecule has 0 aliphatic carbocycles. The first-order valence-electron chi connectivity index (χ1n) is 9.64. The van der Waals surface area contributed by atoms with Gasteiger partial charge in [0.25, 0.3) is 0 Å². The number of nitrogens with zero attached hydrogens (tertiary/aromatic N) is 5. The lowest BCUT2D eigenvalue weighted by molar-refractivity contribution is -0.133. The third-order valence-electron chi connectivity index (χ3n) is 5.75. The molecule has 0 radical (unpaired) electrons. The Morgan fingerprint density at radius 1 is 1.19 bits per heavy atom. The number of hydrogen-bond donors (Lipinski definition) is 0. The third kappa shape index (κ3) is 3.83. The molecule has 1 unspecified atom stereocenters. The lowest BCUT2D eigenvalue weighted by atomic mass is 9.97. The summed E-state index contributed by atoms with van der Waals surface area (Å²) in [6, 6.07) is 6.30. The molecule has 7 heteroatoms. The summed E-state index contributed by atoms with van der Waals surface area (Å²) in [5.41, 5.74) is 2.10. The number of hydrogen-bond acceptors (Lipinski definition) is 6. The van der Waals surface area contributed by atoms with Gasteiger partial charge in [-0.05, 0) is 30.5 Å². The minimum Gasteiger partial charge on any atom is -0.480 e. The molecule has 27 heavy (non-hydrogen) atoms. The van der Waals surface area contributed by atoms with Gasteiger partial charge >= 0.3 is 0 Å². The lowest BCUT2D eigenvalue weighted by Gasteiger charge is -2.39. The summed E-state index contributed by atoms with van der Waals surface area (Å²) < 4.78 is 5.38. The number of aromatic nitrogens is 2. The Morgan fingerprint density at radius 3 is 2.74 bits per heavy atom. The van der Waals surface area contributed by atoms with Gasteiger partial charge in [0.1, 0.15) is 6.33 Å². The Bertz CT molecular complexity index is 819. The zero-order chi connectivity index (χ0) is 18.8. The zero-order valence-corrected chi connectivity index (χ0v) is 16.1. The van der Waals surface area contributed by atoms with Crippen molar-refractivity contribution in [2.45, 2.75) is 12.8 Å². The minimum atomic E-state index is 0.284. The second-order valence-electron chi connectivity index (χ2n) is 7.55. The lowest BCUT2D eigenvalue weighted by Crippen LogP contribution is -2.49. The van der Waals surface area contributed by atoms with Crippen molar-refractivity contribution in [3.63, 3.8) is 0 Å². The van der Waals surface area contributed by atoms with Gasteiger partial charge in [-0.25, -0.2) is 9.97 Å². The predicted octanol–water partition coefficient (Wildman–Crippen LogP) is 1.63. The van der Waals surface area contributed by atoms with Crippen LogP contribution in [0.25, 0.3) is 10.9 Å². The molecule has 2 fully saturated rings. The molecule has 1 atom stereocenters. The van der Waals surface area contributed by atoms with Crippen LogP contribution in [0.3, 0.4) is 0 Å². The van der Waals surface area contributed by atoms with Crippen LogP contribution >= 0.6 is 0 Å². The van der Waals surface area contributed by atoms with Crippen LogP contribution in [0.15, 0.2) is 24.5 Å². The normalized spacial score (nSPS) is 21.7. The molecule has 0 N–H and O–H groups in total. The van der Waals surface area contributed by atoms with Crippen molar-refractivity contribution in [3.8, 4) is 5.88 Å². The summed E-state index contributed by atoms with van der Waals surface area (Å²) in [7, 11) is 3.56. The monoisotopic (exact) mass is 369 g/mol. The van der Waals surface area contributed by atoms with E-state index in [0.717, 1.165) is 56.6 Å². The standard InChI is InChI=1S/C20H27N5O2/c1-23-12-15(3-6-19(23)26)13-24-7-9-25(10-8-24)16-4-5-18-17(11-16)20(27-2)22-14-21-18/h4-5,11,14-15H,3,6-10,12-13H2,1-2H3. The van der Waals surface area contributed by atoms with Crippen molar-refractivity contribution in [1.29, 1.82) is 0 Å². The van der Waals surface area contributed by atoms with Crippen LogP contribution in [-0.4, -0.2) is 79.1 Å². The maximum atomic E-state index is 11.7. The fraction of sp³-hybridized carbons (Fsp3) is 0.550. The highest BCUT2D eigenvalue weighted by atomic mass is 16.5. The molecule has 2 saturated heterocycles. The second-order valence-corrected chi connectivity index (χ2v) is 7.55. The third-order valence-corrected chi connectivity index (χ3v) is 5.75. The number of anilines is 1. The summed E-state index contributed by atoms with van der Waals surface area (Å²) in [5, 5.41) is 0.954. The van der Waals surface area contributed by atoms with Crippen molar-refractivity contribution >= 4 is 22.5 Å². The van der Waals surface area contributed by atoms with E-state index in [1.54, 1.807) is 7.11 Å². The highest BCUT2D eigenvalue weighted by Gasteiger charge is 2.26. The maximum Gasteiger partial charge on any atom is 0.224 e. The summed E-state index contributed by atoms with van der Waals surface area (Å²) in [6.07, 6.45) is 3.26. The van der Waals surface area contributed by atoms with E-state index in [2.05, 4.69) is 31.9 Å². The van der Waals surface area contributed by atoms with Gasteiger partial charge in [0, 0.05) is 58.4 Å². The van der Waals surface area contributed by atoms with Crippen LogP contribution in [-0.2, 0) is 4.79 Å². The van der Waals surface area contributed by atoms with Crippen LogP contribution in [0, 0.1) is 5.92 Å². The van der Waals surface area contributed by atoms with Gasteiger partial charge in [0.15, 0.2) is 0 Å².